The molecule has 0 bridgehead atoms. The van der Waals surface area contributed by atoms with Gasteiger partial charge in [-0.3, -0.25) is 9.59 Å². The van der Waals surface area contributed by atoms with Gasteiger partial charge in [0.05, 0.1) is 6.54 Å². The van der Waals surface area contributed by atoms with Crippen molar-refractivity contribution in [2.24, 2.45) is 0 Å². The molecule has 0 aliphatic carbocycles. The molecule has 3 rings (SSSR count). The first-order valence-corrected chi connectivity index (χ1v) is 10.3. The Morgan fingerprint density at radius 1 is 1.15 bits per heavy atom. The molecule has 1 aliphatic heterocycles. The normalized spacial score (nSPS) is 16.0. The predicted octanol–water partition coefficient (Wildman–Crippen LogP) is 2.91. The highest BCUT2D eigenvalue weighted by atomic mass is 79.9. The van der Waals surface area contributed by atoms with Crippen molar-refractivity contribution in [2.75, 3.05) is 7.05 Å². The average molecular weight is 449 g/mol. The third-order valence-corrected chi connectivity index (χ3v) is 6.72. The van der Waals surface area contributed by atoms with E-state index in [0.717, 1.165) is 8.78 Å². The smallest absolute Gasteiger partial charge is 0.268 e. The Morgan fingerprint density at radius 2 is 1.81 bits per heavy atom. The lowest BCUT2D eigenvalue weighted by Gasteiger charge is -2.17. The summed E-state index contributed by atoms with van der Waals surface area (Å²) in [6.45, 7) is 1.43. The lowest BCUT2D eigenvalue weighted by molar-refractivity contribution is -0.122. The molecule has 27 heavy (non-hydrogen) atoms. The molecule has 2 aromatic rings. The molecule has 0 spiro atoms. The molecule has 1 heterocycles. The van der Waals surface area contributed by atoms with Gasteiger partial charge in [0, 0.05) is 22.7 Å². The van der Waals surface area contributed by atoms with Crippen LogP contribution in [-0.2, 0) is 21.4 Å². The second-order valence-corrected chi connectivity index (χ2v) is 8.77. The van der Waals surface area contributed by atoms with E-state index in [4.69, 9.17) is 0 Å². The Labute approximate surface area is 166 Å². The first-order valence-electron chi connectivity index (χ1n) is 8.10. The Hall–Kier alpha value is -2.45. The van der Waals surface area contributed by atoms with Crippen LogP contribution in [0.3, 0.4) is 0 Å². The average Bonchev–Trinajstić information content (AvgIpc) is 2.81. The zero-order chi connectivity index (χ0) is 19.8. The molecule has 0 saturated heterocycles. The SMILES string of the molecule is CNC(=O)c1ccc(CN2C(=O)C(C)=C(c3cccc(Br)c3)S2(=O)=O)cc1. The molecule has 2 aromatic carbocycles. The molecular formula is C19H17BrN2O4S. The van der Waals surface area contributed by atoms with E-state index < -0.39 is 15.9 Å². The van der Waals surface area contributed by atoms with E-state index in [2.05, 4.69) is 21.2 Å². The van der Waals surface area contributed by atoms with Gasteiger partial charge in [0.1, 0.15) is 4.91 Å². The number of hydrogen-bond acceptors (Lipinski definition) is 4. The van der Waals surface area contributed by atoms with Crippen LogP contribution in [0, 0.1) is 0 Å². The van der Waals surface area contributed by atoms with Crippen LogP contribution in [0.1, 0.15) is 28.4 Å². The molecule has 0 aromatic heterocycles. The predicted molar refractivity (Wildman–Crippen MR) is 106 cm³/mol. The van der Waals surface area contributed by atoms with Gasteiger partial charge < -0.3 is 5.32 Å². The standard InChI is InChI=1S/C19H17BrN2O4S/c1-12-17(15-4-3-5-16(20)10-15)27(25,26)22(19(12)24)11-13-6-8-14(9-7-13)18(23)21-2/h3-10H,11H2,1-2H3,(H,21,23). The first-order chi connectivity index (χ1) is 12.8. The number of sulfonamides is 1. The Morgan fingerprint density at radius 3 is 2.41 bits per heavy atom. The van der Waals surface area contributed by atoms with Crippen molar-refractivity contribution in [1.29, 1.82) is 0 Å². The summed E-state index contributed by atoms with van der Waals surface area (Å²) in [5.74, 6) is -0.777. The van der Waals surface area contributed by atoms with Gasteiger partial charge in [-0.1, -0.05) is 40.2 Å². The molecule has 2 amide bonds. The number of benzene rings is 2. The van der Waals surface area contributed by atoms with Gasteiger partial charge in [-0.2, -0.15) is 0 Å². The number of rotatable bonds is 4. The number of halogens is 1. The van der Waals surface area contributed by atoms with Crippen molar-refractivity contribution < 1.29 is 18.0 Å². The number of nitrogens with one attached hydrogen (secondary N) is 1. The van der Waals surface area contributed by atoms with E-state index in [1.54, 1.807) is 48.5 Å². The zero-order valence-electron chi connectivity index (χ0n) is 14.7. The summed E-state index contributed by atoms with van der Waals surface area (Å²) >= 11 is 3.33. The molecule has 0 atom stereocenters. The summed E-state index contributed by atoms with van der Waals surface area (Å²) in [7, 11) is -2.43. The minimum Gasteiger partial charge on any atom is -0.355 e. The summed E-state index contributed by atoms with van der Waals surface area (Å²) in [5.41, 5.74) is 1.73. The van der Waals surface area contributed by atoms with Crippen LogP contribution in [0.15, 0.2) is 58.6 Å². The van der Waals surface area contributed by atoms with Gasteiger partial charge >= 0.3 is 0 Å². The third-order valence-electron chi connectivity index (χ3n) is 4.29. The van der Waals surface area contributed by atoms with Crippen LogP contribution in [0.4, 0.5) is 0 Å². The van der Waals surface area contributed by atoms with Crippen LogP contribution in [0.25, 0.3) is 4.91 Å². The third kappa shape index (κ3) is 3.54. The van der Waals surface area contributed by atoms with Crippen LogP contribution < -0.4 is 5.32 Å². The highest BCUT2D eigenvalue weighted by molar-refractivity contribution is 9.10. The highest BCUT2D eigenvalue weighted by Gasteiger charge is 2.42. The van der Waals surface area contributed by atoms with E-state index in [1.807, 2.05) is 0 Å². The van der Waals surface area contributed by atoms with E-state index in [-0.39, 0.29) is 22.9 Å². The van der Waals surface area contributed by atoms with Crippen molar-refractivity contribution in [3.8, 4) is 0 Å². The van der Waals surface area contributed by atoms with Crippen molar-refractivity contribution in [1.82, 2.24) is 9.62 Å². The second kappa shape index (κ2) is 7.28. The highest BCUT2D eigenvalue weighted by Crippen LogP contribution is 2.37. The Bertz CT molecular complexity index is 1060. The summed E-state index contributed by atoms with van der Waals surface area (Å²) in [6, 6.07) is 13.3. The lowest BCUT2D eigenvalue weighted by atomic mass is 10.1. The van der Waals surface area contributed by atoms with Crippen LogP contribution in [-0.4, -0.2) is 31.6 Å². The number of carbonyl (C=O) groups excluding carboxylic acids is 2. The van der Waals surface area contributed by atoms with Gasteiger partial charge in [-0.15, -0.1) is 0 Å². The Kier molecular flexibility index (Phi) is 5.21. The topological polar surface area (TPSA) is 83.6 Å². The summed E-state index contributed by atoms with van der Waals surface area (Å²) in [5, 5.41) is 2.52. The number of nitrogens with zero attached hydrogens (tertiary/aromatic N) is 1. The van der Waals surface area contributed by atoms with Crippen molar-refractivity contribution in [3.63, 3.8) is 0 Å². The van der Waals surface area contributed by atoms with E-state index >= 15 is 0 Å². The summed E-state index contributed by atoms with van der Waals surface area (Å²) < 4.78 is 27.6. The molecule has 0 saturated carbocycles. The molecule has 6 nitrogen and oxygen atoms in total. The maximum absolute atomic E-state index is 13.0. The van der Waals surface area contributed by atoms with Crippen molar-refractivity contribution >= 4 is 42.7 Å². The number of carbonyl (C=O) groups is 2. The van der Waals surface area contributed by atoms with Crippen LogP contribution >= 0.6 is 15.9 Å². The van der Waals surface area contributed by atoms with Crippen molar-refractivity contribution in [3.05, 3.63) is 75.3 Å². The molecule has 1 aliphatic rings. The van der Waals surface area contributed by atoms with Gasteiger partial charge in [-0.25, -0.2) is 12.7 Å². The largest absolute Gasteiger partial charge is 0.355 e. The van der Waals surface area contributed by atoms with Gasteiger partial charge in [-0.05, 0) is 42.3 Å². The van der Waals surface area contributed by atoms with Gasteiger partial charge in [0.15, 0.2) is 0 Å². The minimum absolute atomic E-state index is 0.0239. The lowest BCUT2D eigenvalue weighted by Crippen LogP contribution is -2.31. The fourth-order valence-corrected chi connectivity index (χ4v) is 5.11. The first kappa shape index (κ1) is 19.3. The number of hydrogen-bond donors (Lipinski definition) is 1. The molecule has 1 N–H and O–H groups in total. The van der Waals surface area contributed by atoms with E-state index in [1.165, 1.54) is 14.0 Å². The van der Waals surface area contributed by atoms with Crippen LogP contribution in [0.2, 0.25) is 0 Å². The molecule has 0 fully saturated rings. The maximum atomic E-state index is 13.0. The Balaban J connectivity index is 1.93. The summed E-state index contributed by atoms with van der Waals surface area (Å²) in [4.78, 5) is 24.3. The fourth-order valence-electron chi connectivity index (χ4n) is 2.92. The van der Waals surface area contributed by atoms with E-state index in [9.17, 15) is 18.0 Å². The van der Waals surface area contributed by atoms with Gasteiger partial charge in [0.2, 0.25) is 0 Å². The van der Waals surface area contributed by atoms with Crippen molar-refractivity contribution in [2.45, 2.75) is 13.5 Å². The minimum atomic E-state index is -3.96. The van der Waals surface area contributed by atoms with Crippen LogP contribution in [0.5, 0.6) is 0 Å². The zero-order valence-corrected chi connectivity index (χ0v) is 17.1. The molecule has 8 heteroatoms. The quantitative estimate of drug-likeness (QED) is 0.778. The molecule has 0 unspecified atom stereocenters. The van der Waals surface area contributed by atoms with E-state index in [0.29, 0.717) is 16.7 Å². The number of amides is 2. The van der Waals surface area contributed by atoms with Gasteiger partial charge in [0.25, 0.3) is 21.8 Å². The molecule has 140 valence electrons. The monoisotopic (exact) mass is 448 g/mol. The summed E-state index contributed by atoms with van der Waals surface area (Å²) in [6.07, 6.45) is 0. The molecule has 0 radical (unpaired) electrons. The molecular weight excluding hydrogens is 432 g/mol. The second-order valence-electron chi connectivity index (χ2n) is 6.06. The fraction of sp³-hybridized carbons (Fsp3) is 0.158. The maximum Gasteiger partial charge on any atom is 0.268 e.